The fourth-order valence-electron chi connectivity index (χ4n) is 2.48. The topological polar surface area (TPSA) is 32.3 Å². The minimum atomic E-state index is -0.403. The maximum atomic E-state index is 13.2. The number of nitrogens with zero attached hydrogens (tertiary/aromatic N) is 1. The molecule has 122 valence electrons. The Hall–Kier alpha value is -2.20. The molecule has 3 nitrogen and oxygen atoms in total. The Morgan fingerprint density at radius 3 is 2.39 bits per heavy atom. The average Bonchev–Trinajstić information content (AvgIpc) is 2.58. The number of rotatable bonds is 7. The Kier molecular flexibility index (Phi) is 6.29. The van der Waals surface area contributed by atoms with Crippen molar-refractivity contribution in [2.75, 3.05) is 13.1 Å². The molecule has 0 fully saturated rings. The predicted molar refractivity (Wildman–Crippen MR) is 90.6 cm³/mol. The Bertz CT molecular complexity index is 653. The Labute approximate surface area is 137 Å². The molecule has 1 amide bonds. The predicted octanol–water partition coefficient (Wildman–Crippen LogP) is 3.60. The third-order valence-corrected chi connectivity index (χ3v) is 3.93. The smallest absolute Gasteiger partial charge is 0.251 e. The van der Waals surface area contributed by atoms with Crippen LogP contribution in [0.4, 0.5) is 4.39 Å². The van der Waals surface area contributed by atoms with E-state index in [2.05, 4.69) is 30.1 Å². The van der Waals surface area contributed by atoms with Gasteiger partial charge in [-0.15, -0.1) is 0 Å². The molecule has 0 aliphatic heterocycles. The summed E-state index contributed by atoms with van der Waals surface area (Å²) in [6.07, 6.45) is 0. The molecule has 0 heterocycles. The van der Waals surface area contributed by atoms with Crippen LogP contribution in [-0.2, 0) is 13.1 Å². The van der Waals surface area contributed by atoms with Crippen molar-refractivity contribution in [3.8, 4) is 0 Å². The van der Waals surface area contributed by atoms with Gasteiger partial charge in [0.15, 0.2) is 0 Å². The van der Waals surface area contributed by atoms with Gasteiger partial charge >= 0.3 is 0 Å². The van der Waals surface area contributed by atoms with Gasteiger partial charge in [0, 0.05) is 18.7 Å². The summed E-state index contributed by atoms with van der Waals surface area (Å²) in [5, 5.41) is 2.87. The van der Waals surface area contributed by atoms with Gasteiger partial charge in [0.2, 0.25) is 0 Å². The van der Waals surface area contributed by atoms with Gasteiger partial charge in [0.05, 0.1) is 0 Å². The Morgan fingerprint density at radius 1 is 1.04 bits per heavy atom. The second kappa shape index (κ2) is 8.44. The quantitative estimate of drug-likeness (QED) is 0.847. The summed E-state index contributed by atoms with van der Waals surface area (Å²) in [5.41, 5.74) is 2.63. The fraction of sp³-hybridized carbons (Fsp3) is 0.316. The second-order valence-electron chi connectivity index (χ2n) is 5.42. The monoisotopic (exact) mass is 314 g/mol. The normalized spacial score (nSPS) is 10.8. The molecule has 0 unspecified atom stereocenters. The van der Waals surface area contributed by atoms with E-state index < -0.39 is 5.82 Å². The van der Waals surface area contributed by atoms with Gasteiger partial charge in [0.25, 0.3) is 5.91 Å². The second-order valence-corrected chi connectivity index (χ2v) is 5.42. The first-order chi connectivity index (χ1) is 11.1. The summed E-state index contributed by atoms with van der Waals surface area (Å²) in [6, 6.07) is 13.8. The van der Waals surface area contributed by atoms with Gasteiger partial charge in [-0.25, -0.2) is 4.39 Å². The highest BCUT2D eigenvalue weighted by Crippen LogP contribution is 2.12. The van der Waals surface area contributed by atoms with Crippen LogP contribution in [0.25, 0.3) is 0 Å². The minimum absolute atomic E-state index is 0.262. The molecule has 1 N–H and O–H groups in total. The maximum absolute atomic E-state index is 13.2. The van der Waals surface area contributed by atoms with Crippen LogP contribution in [0, 0.1) is 5.82 Å². The molecule has 2 aromatic rings. The number of nitrogens with one attached hydrogen (secondary N) is 1. The third kappa shape index (κ3) is 4.89. The molecule has 0 aromatic heterocycles. The van der Waals surface area contributed by atoms with Crippen LogP contribution in [0.1, 0.15) is 35.3 Å². The van der Waals surface area contributed by atoms with Gasteiger partial charge in [0.1, 0.15) is 5.82 Å². The minimum Gasteiger partial charge on any atom is -0.348 e. The highest BCUT2D eigenvalue weighted by atomic mass is 19.1. The zero-order chi connectivity index (χ0) is 16.7. The lowest BCUT2D eigenvalue weighted by Crippen LogP contribution is -2.26. The van der Waals surface area contributed by atoms with Gasteiger partial charge in [-0.2, -0.15) is 0 Å². The zero-order valence-electron chi connectivity index (χ0n) is 13.7. The molecule has 0 aliphatic rings. The molecular formula is C19H23FN2O. The SMILES string of the molecule is CCN(CC)Cc1ccccc1CNC(=O)c1cccc(F)c1. The van der Waals surface area contributed by atoms with E-state index in [0.717, 1.165) is 25.2 Å². The molecular weight excluding hydrogens is 291 g/mol. The number of amides is 1. The average molecular weight is 314 g/mol. The molecule has 23 heavy (non-hydrogen) atoms. The highest BCUT2D eigenvalue weighted by Gasteiger charge is 2.09. The first-order valence-electron chi connectivity index (χ1n) is 7.97. The number of halogens is 1. The van der Waals surface area contributed by atoms with Crippen LogP contribution in [0.2, 0.25) is 0 Å². The molecule has 0 spiro atoms. The van der Waals surface area contributed by atoms with Gasteiger partial charge in [-0.3, -0.25) is 9.69 Å². The van der Waals surface area contributed by atoms with Crippen LogP contribution < -0.4 is 5.32 Å². The van der Waals surface area contributed by atoms with Crippen LogP contribution >= 0.6 is 0 Å². The van der Waals surface area contributed by atoms with Crippen LogP contribution in [0.5, 0.6) is 0 Å². The van der Waals surface area contributed by atoms with Gasteiger partial charge < -0.3 is 5.32 Å². The van der Waals surface area contributed by atoms with E-state index in [4.69, 9.17) is 0 Å². The molecule has 2 aromatic carbocycles. The lowest BCUT2D eigenvalue weighted by atomic mass is 10.1. The number of hydrogen-bond acceptors (Lipinski definition) is 2. The first-order valence-corrected chi connectivity index (χ1v) is 7.97. The van der Waals surface area contributed by atoms with Crippen molar-refractivity contribution < 1.29 is 9.18 Å². The number of carbonyl (C=O) groups is 1. The van der Waals surface area contributed by atoms with Crippen molar-refractivity contribution in [1.29, 1.82) is 0 Å². The molecule has 0 saturated heterocycles. The molecule has 4 heteroatoms. The highest BCUT2D eigenvalue weighted by molar-refractivity contribution is 5.94. The maximum Gasteiger partial charge on any atom is 0.251 e. The first kappa shape index (κ1) is 17.2. The fourth-order valence-corrected chi connectivity index (χ4v) is 2.48. The van der Waals surface area contributed by atoms with E-state index in [0.29, 0.717) is 12.1 Å². The lowest BCUT2D eigenvalue weighted by Gasteiger charge is -2.20. The van der Waals surface area contributed by atoms with Crippen molar-refractivity contribution in [3.63, 3.8) is 0 Å². The standard InChI is InChI=1S/C19H23FN2O/c1-3-22(4-2)14-17-9-6-5-8-16(17)13-21-19(23)15-10-7-11-18(20)12-15/h5-12H,3-4,13-14H2,1-2H3,(H,21,23). The molecule has 0 radical (unpaired) electrons. The van der Waals surface area contributed by atoms with E-state index in [1.165, 1.54) is 17.7 Å². The number of hydrogen-bond donors (Lipinski definition) is 1. The molecule has 0 bridgehead atoms. The Balaban J connectivity index is 2.04. The van der Waals surface area contributed by atoms with Crippen LogP contribution in [0.3, 0.4) is 0 Å². The van der Waals surface area contributed by atoms with Crippen molar-refractivity contribution in [2.24, 2.45) is 0 Å². The van der Waals surface area contributed by atoms with Crippen molar-refractivity contribution in [2.45, 2.75) is 26.9 Å². The summed E-state index contributed by atoms with van der Waals surface area (Å²) in [7, 11) is 0. The molecule has 0 saturated carbocycles. The van der Waals surface area contributed by atoms with Crippen molar-refractivity contribution in [1.82, 2.24) is 10.2 Å². The summed E-state index contributed by atoms with van der Waals surface area (Å²) in [5.74, 6) is -0.665. The van der Waals surface area contributed by atoms with E-state index in [-0.39, 0.29) is 5.91 Å². The number of carbonyl (C=O) groups excluding carboxylic acids is 1. The summed E-state index contributed by atoms with van der Waals surface area (Å²) >= 11 is 0. The summed E-state index contributed by atoms with van der Waals surface area (Å²) in [4.78, 5) is 14.5. The van der Waals surface area contributed by atoms with E-state index >= 15 is 0 Å². The largest absolute Gasteiger partial charge is 0.348 e. The van der Waals surface area contributed by atoms with E-state index in [9.17, 15) is 9.18 Å². The van der Waals surface area contributed by atoms with Crippen molar-refractivity contribution in [3.05, 3.63) is 71.0 Å². The van der Waals surface area contributed by atoms with Crippen LogP contribution in [-0.4, -0.2) is 23.9 Å². The lowest BCUT2D eigenvalue weighted by molar-refractivity contribution is 0.0950. The third-order valence-electron chi connectivity index (χ3n) is 3.93. The summed E-state index contributed by atoms with van der Waals surface area (Å²) < 4.78 is 13.2. The Morgan fingerprint density at radius 2 is 1.74 bits per heavy atom. The number of benzene rings is 2. The van der Waals surface area contributed by atoms with E-state index in [1.54, 1.807) is 12.1 Å². The molecule has 0 aliphatic carbocycles. The zero-order valence-corrected chi connectivity index (χ0v) is 13.7. The van der Waals surface area contributed by atoms with Crippen molar-refractivity contribution >= 4 is 5.91 Å². The van der Waals surface area contributed by atoms with Gasteiger partial charge in [-0.1, -0.05) is 44.2 Å². The molecule has 0 atom stereocenters. The molecule has 2 rings (SSSR count). The summed E-state index contributed by atoms with van der Waals surface area (Å²) in [6.45, 7) is 7.54. The van der Waals surface area contributed by atoms with E-state index in [1.807, 2.05) is 18.2 Å². The van der Waals surface area contributed by atoms with Gasteiger partial charge in [-0.05, 0) is 42.4 Å². The van der Waals surface area contributed by atoms with Crippen LogP contribution in [0.15, 0.2) is 48.5 Å².